The summed E-state index contributed by atoms with van der Waals surface area (Å²) in [7, 11) is -2.03. The molecule has 0 saturated carbocycles. The Morgan fingerprint density at radius 2 is 1.88 bits per heavy atom. The molecule has 0 bridgehead atoms. The second kappa shape index (κ2) is 9.22. The quantitative estimate of drug-likeness (QED) is 0.538. The zero-order valence-electron chi connectivity index (χ0n) is 8.33. The summed E-state index contributed by atoms with van der Waals surface area (Å²) in [4.78, 5) is 11.2. The summed E-state index contributed by atoms with van der Waals surface area (Å²) < 4.78 is 16.3. The van der Waals surface area contributed by atoms with Crippen LogP contribution in [0.4, 0.5) is 0 Å². The molecule has 0 aromatic heterocycles. The molecule has 0 aliphatic carbocycles. The number of hydrogen-bond acceptors (Lipinski definition) is 5. The maximum atomic E-state index is 11.2. The van der Waals surface area contributed by atoms with Gasteiger partial charge < -0.3 is 19.2 Å². The van der Waals surface area contributed by atoms with Crippen LogP contribution in [0.15, 0.2) is 30.3 Å². The maximum Gasteiger partial charge on any atom is 0.251 e. The fourth-order valence-electron chi connectivity index (χ4n) is 0.861. The van der Waals surface area contributed by atoms with Gasteiger partial charge >= 0.3 is 0 Å². The van der Waals surface area contributed by atoms with E-state index in [0.717, 1.165) is 0 Å². The van der Waals surface area contributed by atoms with Gasteiger partial charge in [-0.3, -0.25) is 4.79 Å². The zero-order chi connectivity index (χ0) is 12.4. The molecule has 0 aliphatic heterocycles. The molecule has 16 heavy (non-hydrogen) atoms. The summed E-state index contributed by atoms with van der Waals surface area (Å²) in [6.45, 7) is 0.270. The van der Waals surface area contributed by atoms with Crippen LogP contribution in [0.2, 0.25) is 0 Å². The minimum atomic E-state index is -2.03. The molecule has 3 N–H and O–H groups in total. The van der Waals surface area contributed by atoms with Gasteiger partial charge in [-0.1, -0.05) is 27.8 Å². The summed E-state index contributed by atoms with van der Waals surface area (Å²) in [5, 5.41) is 11.0. The van der Waals surface area contributed by atoms with Gasteiger partial charge in [0.1, 0.15) is 0 Å². The number of aliphatic hydroxyl groups excluding tert-OH is 1. The van der Waals surface area contributed by atoms with Gasteiger partial charge in [0.05, 0.1) is 6.61 Å². The van der Waals surface area contributed by atoms with E-state index in [9.17, 15) is 4.79 Å². The molecule has 0 aliphatic rings. The molecule has 1 aromatic carbocycles. The van der Waals surface area contributed by atoms with Crippen molar-refractivity contribution in [2.24, 2.45) is 0 Å². The largest absolute Gasteiger partial charge is 0.459 e. The van der Waals surface area contributed by atoms with E-state index in [1.54, 1.807) is 24.3 Å². The Labute approximate surface area is 100 Å². The van der Waals surface area contributed by atoms with Crippen molar-refractivity contribution in [3.05, 3.63) is 35.9 Å². The molecule has 5 nitrogen and oxygen atoms in total. The molecule has 0 saturated heterocycles. The lowest BCUT2D eigenvalue weighted by Gasteiger charge is -2.01. The highest BCUT2D eigenvalue weighted by Gasteiger charge is 2.01. The van der Waals surface area contributed by atoms with E-state index >= 15 is 0 Å². The standard InChI is InChI=1S/C9H11NO2.HO2S2/c11-7-6-10-9(12)8-4-2-1-3-5-8;1-4(2)3/h1-5,11H,6-7H2,(H,10,12);(H,1,2,3)/q;-1. The number of carbonyl (C=O) groups excluding carboxylic acids is 1. The fourth-order valence-corrected chi connectivity index (χ4v) is 0.861. The molecule has 7 heteroatoms. The molecule has 0 atom stereocenters. The van der Waals surface area contributed by atoms with Gasteiger partial charge in [0, 0.05) is 12.1 Å². The lowest BCUT2D eigenvalue weighted by atomic mass is 10.2. The van der Waals surface area contributed by atoms with Crippen LogP contribution in [0, 0.1) is 0 Å². The summed E-state index contributed by atoms with van der Waals surface area (Å²) in [6.07, 6.45) is 0. The fraction of sp³-hybridized carbons (Fsp3) is 0.222. The highest BCUT2D eigenvalue weighted by molar-refractivity contribution is 8.18. The van der Waals surface area contributed by atoms with Gasteiger partial charge in [0.15, 0.2) is 0 Å². The third-order valence-corrected chi connectivity index (χ3v) is 1.43. The normalized spacial score (nSPS) is 9.19. The number of nitrogens with one attached hydrogen (secondary N) is 1. The van der Waals surface area contributed by atoms with Gasteiger partial charge in [0.25, 0.3) is 5.91 Å². The van der Waals surface area contributed by atoms with Gasteiger partial charge in [-0.2, -0.15) is 0 Å². The van der Waals surface area contributed by atoms with Crippen molar-refractivity contribution in [2.75, 3.05) is 13.2 Å². The van der Waals surface area contributed by atoms with Crippen LogP contribution in [0.5, 0.6) is 0 Å². The van der Waals surface area contributed by atoms with Crippen molar-refractivity contribution in [1.82, 2.24) is 5.32 Å². The first-order chi connectivity index (χ1) is 7.57. The Hall–Kier alpha value is -1.02. The molecular weight excluding hydrogens is 250 g/mol. The smallest absolute Gasteiger partial charge is 0.251 e. The van der Waals surface area contributed by atoms with E-state index < -0.39 is 9.64 Å². The van der Waals surface area contributed by atoms with E-state index in [0.29, 0.717) is 12.1 Å². The Morgan fingerprint density at radius 1 is 1.38 bits per heavy atom. The Morgan fingerprint density at radius 3 is 2.31 bits per heavy atom. The maximum absolute atomic E-state index is 11.2. The van der Waals surface area contributed by atoms with Crippen LogP contribution < -0.4 is 5.32 Å². The van der Waals surface area contributed by atoms with Crippen LogP contribution in [0.25, 0.3) is 0 Å². The molecule has 0 spiro atoms. The van der Waals surface area contributed by atoms with Crippen molar-refractivity contribution < 1.29 is 18.7 Å². The molecule has 0 heterocycles. The molecule has 1 amide bonds. The molecule has 0 radical (unpaired) electrons. The predicted octanol–water partition coefficient (Wildman–Crippen LogP) is 0.294. The summed E-state index contributed by atoms with van der Waals surface area (Å²) in [5.74, 6) is -0.148. The molecule has 0 unspecified atom stereocenters. The number of carbonyl (C=O) groups is 1. The first-order valence-electron chi connectivity index (χ1n) is 4.30. The first kappa shape index (κ1) is 15.0. The van der Waals surface area contributed by atoms with Gasteiger partial charge in [-0.25, -0.2) is 11.2 Å². The second-order valence-electron chi connectivity index (χ2n) is 2.56. The van der Waals surface area contributed by atoms with Crippen molar-refractivity contribution in [1.29, 1.82) is 0 Å². The number of amides is 1. The van der Waals surface area contributed by atoms with Crippen molar-refractivity contribution in [3.8, 4) is 0 Å². The number of hydrogen-bond donors (Lipinski definition) is 3. The Kier molecular flexibility index (Phi) is 8.64. The monoisotopic (exact) mass is 262 g/mol. The van der Waals surface area contributed by atoms with Crippen LogP contribution in [0.3, 0.4) is 0 Å². The van der Waals surface area contributed by atoms with E-state index in [1.165, 1.54) is 0 Å². The van der Waals surface area contributed by atoms with Crippen molar-refractivity contribution in [3.63, 3.8) is 0 Å². The average Bonchev–Trinajstić information content (AvgIpc) is 2.26. The van der Waals surface area contributed by atoms with Crippen LogP contribution in [-0.4, -0.2) is 28.7 Å². The average molecular weight is 262 g/mol. The van der Waals surface area contributed by atoms with Crippen LogP contribution >= 0.6 is 0 Å². The van der Waals surface area contributed by atoms with Gasteiger partial charge in [-0.05, 0) is 12.1 Å². The molecule has 90 valence electrons. The molecule has 1 aromatic rings. The first-order valence-corrected chi connectivity index (χ1v) is 6.33. The number of rotatable bonds is 3. The minimum Gasteiger partial charge on any atom is -0.459 e. The molecule has 1 rings (SSSR count). The van der Waals surface area contributed by atoms with E-state index in [4.69, 9.17) is 13.9 Å². The van der Waals surface area contributed by atoms with Gasteiger partial charge in [-0.15, -0.1) is 0 Å². The minimum absolute atomic E-state index is 0.0292. The van der Waals surface area contributed by atoms with E-state index in [2.05, 4.69) is 16.5 Å². The molecule has 0 fully saturated rings. The van der Waals surface area contributed by atoms with Crippen molar-refractivity contribution >= 4 is 26.7 Å². The zero-order valence-corrected chi connectivity index (χ0v) is 9.96. The summed E-state index contributed by atoms with van der Waals surface area (Å²) in [6, 6.07) is 8.91. The predicted molar refractivity (Wildman–Crippen MR) is 63.9 cm³/mol. The topological polar surface area (TPSA) is 86.6 Å². The molecular formula is C9H12NO4S2-. The lowest BCUT2D eigenvalue weighted by Crippen LogP contribution is -2.26. The summed E-state index contributed by atoms with van der Waals surface area (Å²) >= 11 is 3.65. The highest BCUT2D eigenvalue weighted by atomic mass is 32.8. The Balaban J connectivity index is 0.000000487. The number of aliphatic hydroxyl groups is 1. The van der Waals surface area contributed by atoms with Gasteiger partial charge in [0.2, 0.25) is 0 Å². The van der Waals surface area contributed by atoms with Crippen molar-refractivity contribution in [2.45, 2.75) is 0 Å². The SMILES string of the molecule is O=C(NCCO)c1ccccc1.O=[S-](O)=S. The second-order valence-corrected chi connectivity index (χ2v) is 3.85. The number of benzene rings is 1. The lowest BCUT2D eigenvalue weighted by molar-refractivity contribution is 0.0945. The third-order valence-electron chi connectivity index (χ3n) is 1.43. The van der Waals surface area contributed by atoms with Crippen LogP contribution in [0.1, 0.15) is 10.4 Å². The van der Waals surface area contributed by atoms with E-state index in [1.807, 2.05) is 6.07 Å². The van der Waals surface area contributed by atoms with E-state index in [-0.39, 0.29) is 12.5 Å². The van der Waals surface area contributed by atoms with Crippen LogP contribution in [-0.2, 0) is 25.0 Å². The highest BCUT2D eigenvalue weighted by Crippen LogP contribution is 1.96. The third kappa shape index (κ3) is 8.30. The summed E-state index contributed by atoms with van der Waals surface area (Å²) in [5.41, 5.74) is 0.617. The Bertz CT molecular complexity index is 370.